The lowest BCUT2D eigenvalue weighted by Gasteiger charge is -2.20. The Hall–Kier alpha value is -12.2. The minimum atomic E-state index is -1.27. The highest BCUT2D eigenvalue weighted by Gasteiger charge is 2.42. The van der Waals surface area contributed by atoms with E-state index in [-0.39, 0.29) is 34.4 Å². The van der Waals surface area contributed by atoms with E-state index in [0.29, 0.717) is 107 Å². The van der Waals surface area contributed by atoms with Gasteiger partial charge in [-0.2, -0.15) is 0 Å². The molecule has 8 aromatic carbocycles. The number of nitrogens with zero attached hydrogens (tertiary/aromatic N) is 10. The monoisotopic (exact) mass is 1430 g/mol. The molecule has 0 bridgehead atoms. The van der Waals surface area contributed by atoms with Crippen molar-refractivity contribution in [1.29, 1.82) is 0 Å². The Morgan fingerprint density at radius 1 is 0.356 bits per heavy atom. The van der Waals surface area contributed by atoms with Crippen molar-refractivity contribution < 1.29 is 30.6 Å². The Morgan fingerprint density at radius 2 is 0.713 bits per heavy atom. The summed E-state index contributed by atoms with van der Waals surface area (Å²) in [5.41, 5.74) is 41.2. The van der Waals surface area contributed by atoms with Crippen LogP contribution in [0.15, 0.2) is 253 Å². The minimum Gasteiger partial charge on any atom is -0.507 e. The van der Waals surface area contributed by atoms with Crippen LogP contribution in [0.4, 0.5) is 29.1 Å². The molecule has 2 aliphatic rings. The number of anilines is 5. The first-order valence-corrected chi connectivity index (χ1v) is 33.0. The summed E-state index contributed by atoms with van der Waals surface area (Å²) in [6.45, 7) is 0. The van der Waals surface area contributed by atoms with E-state index in [1.54, 1.807) is 91.0 Å². The summed E-state index contributed by atoms with van der Waals surface area (Å²) in [7, 11) is 0. The molecule has 5 heterocycles. The van der Waals surface area contributed by atoms with Gasteiger partial charge in [0.1, 0.15) is 46.8 Å². The Bertz CT molecular complexity index is 4840. The maximum atomic E-state index is 10.5. The third-order valence-electron chi connectivity index (χ3n) is 16.7. The number of rotatable bonds is 13. The van der Waals surface area contributed by atoms with Crippen LogP contribution in [0.2, 0.25) is 5.15 Å². The topological polar surface area (TPSA) is 380 Å². The van der Waals surface area contributed by atoms with Crippen molar-refractivity contribution in [3.05, 3.63) is 303 Å². The van der Waals surface area contributed by atoms with Gasteiger partial charge in [-0.25, -0.2) is 0 Å². The molecule has 21 nitrogen and oxygen atoms in total. The molecule has 23 heteroatoms. The second-order valence-corrected chi connectivity index (χ2v) is 24.8. The van der Waals surface area contributed by atoms with Crippen molar-refractivity contribution in [2.45, 2.75) is 48.7 Å². The Morgan fingerprint density at radius 3 is 1.13 bits per heavy atom. The second kappa shape index (κ2) is 32.9. The fourth-order valence-electron chi connectivity index (χ4n) is 11.2. The summed E-state index contributed by atoms with van der Waals surface area (Å²) in [5, 5.41) is 100. The van der Waals surface area contributed by atoms with E-state index in [0.717, 1.165) is 35.1 Å². The number of halogens is 2. The lowest BCUT2D eigenvalue weighted by molar-refractivity contribution is 0.0175. The van der Waals surface area contributed by atoms with Gasteiger partial charge in [0.2, 0.25) is 0 Å². The Labute approximate surface area is 595 Å². The summed E-state index contributed by atoms with van der Waals surface area (Å²) >= 11 is 8.59. The number of phenolic OH excluding ortho intramolecular Hbond substituents is 4. The maximum absolute atomic E-state index is 10.5. The van der Waals surface area contributed by atoms with E-state index >= 15 is 0 Å². The van der Waals surface area contributed by atoms with Gasteiger partial charge in [-0.15, -0.1) is 51.0 Å². The van der Waals surface area contributed by atoms with Gasteiger partial charge in [-0.05, 0) is 154 Å². The van der Waals surface area contributed by atoms with Crippen molar-refractivity contribution in [3.8, 4) is 68.0 Å². The number of aromatic nitrogens is 10. The number of benzene rings is 8. The standard InChI is InChI=1S/2C19H17N3O.C18H17N3O3.C18H15N3O.C4H3BrClN3/c2*20-19-16(15-10-14(15)12-6-2-1-3-7-12)11-17(21-22-19)13-8-4-5-9-18(13)23;19-18-13(17(24)16(23)11-6-2-1-3-7-11)10-14(20-21-18)12-8-4-5-9-15(12)22;19-18-14(11-10-13-6-2-1-3-7-13)12-16(20-21-18)15-8-4-5-9-17(15)22;5-2-1-3(6)8-9-4(2)7/h2*1-9,11,14-15,23H,10H2,(H2,20,22);1-10,16-17,22-24H,(H2,19,21);1-12,22H,(H2,19,21);1H,(H2,7,9)/b;;;11-10+;/t2*14-,15+;16-,17-;;/m001../s1. The number of nitrogens with two attached hydrogens (primary N) is 5. The van der Waals surface area contributed by atoms with Crippen LogP contribution in [0.25, 0.3) is 57.2 Å². The first-order valence-electron chi connectivity index (χ1n) is 31.8. The molecule has 0 amide bonds. The van der Waals surface area contributed by atoms with Crippen molar-refractivity contribution in [2.24, 2.45) is 0 Å². The number of aliphatic hydroxyl groups is 2. The number of nitrogen functional groups attached to an aromatic ring is 5. The minimum absolute atomic E-state index is 0.0247. The fourth-order valence-corrected chi connectivity index (χ4v) is 11.8. The predicted octanol–water partition coefficient (Wildman–Crippen LogP) is 14.7. The van der Waals surface area contributed by atoms with Gasteiger partial charge in [-0.3, -0.25) is 0 Å². The van der Waals surface area contributed by atoms with Crippen LogP contribution in [0.3, 0.4) is 0 Å². The largest absolute Gasteiger partial charge is 0.507 e. The summed E-state index contributed by atoms with van der Waals surface area (Å²) in [6, 6.07) is 76.4. The van der Waals surface area contributed by atoms with Gasteiger partial charge in [0.15, 0.2) is 22.6 Å². The van der Waals surface area contributed by atoms with Gasteiger partial charge < -0.3 is 59.3 Å². The molecule has 5 aromatic heterocycles. The molecule has 0 aliphatic heterocycles. The number of phenols is 4. The highest BCUT2D eigenvalue weighted by atomic mass is 79.9. The van der Waals surface area contributed by atoms with Crippen molar-refractivity contribution in [2.75, 3.05) is 28.7 Å². The molecule has 0 saturated heterocycles. The van der Waals surface area contributed by atoms with Gasteiger partial charge in [0, 0.05) is 44.5 Å². The smallest absolute Gasteiger partial charge is 0.160 e. The van der Waals surface area contributed by atoms with Gasteiger partial charge in [0.05, 0.1) is 27.2 Å². The quantitative estimate of drug-likeness (QED) is 0.0511. The summed E-state index contributed by atoms with van der Waals surface area (Å²) in [6.07, 6.45) is 3.56. The number of aliphatic hydroxyl groups excluding tert-OH is 2. The number of hydrogen-bond acceptors (Lipinski definition) is 21. The summed E-state index contributed by atoms with van der Waals surface area (Å²) in [4.78, 5) is 0. The average Bonchev–Trinajstić information content (AvgIpc) is 1.63. The molecule has 0 radical (unpaired) electrons. The molecule has 0 spiro atoms. The van der Waals surface area contributed by atoms with E-state index in [2.05, 4.69) is 115 Å². The molecule has 101 heavy (non-hydrogen) atoms. The van der Waals surface area contributed by atoms with E-state index in [9.17, 15) is 30.6 Å². The van der Waals surface area contributed by atoms with Crippen LogP contribution < -0.4 is 28.7 Å². The molecular formula is C78H69BrClN15O6. The molecule has 16 N–H and O–H groups in total. The van der Waals surface area contributed by atoms with Gasteiger partial charge in [-0.1, -0.05) is 194 Å². The maximum Gasteiger partial charge on any atom is 0.160 e. The highest BCUT2D eigenvalue weighted by molar-refractivity contribution is 9.10. The molecule has 2 aliphatic carbocycles. The third-order valence-corrected chi connectivity index (χ3v) is 17.5. The van der Waals surface area contributed by atoms with Crippen molar-refractivity contribution in [3.63, 3.8) is 0 Å². The zero-order valence-electron chi connectivity index (χ0n) is 54.0. The molecular weight excluding hydrogens is 1360 g/mol. The summed E-state index contributed by atoms with van der Waals surface area (Å²) < 4.78 is 0.669. The molecule has 15 rings (SSSR count). The average molecular weight is 1430 g/mol. The normalized spacial score (nSPS) is 15.3. The van der Waals surface area contributed by atoms with E-state index in [1.807, 2.05) is 109 Å². The zero-order valence-corrected chi connectivity index (χ0v) is 56.3. The van der Waals surface area contributed by atoms with Crippen LogP contribution in [-0.4, -0.2) is 81.6 Å². The molecule has 6 atom stereocenters. The molecule has 506 valence electrons. The lowest BCUT2D eigenvalue weighted by atomic mass is 9.97. The first-order chi connectivity index (χ1) is 49.0. The fraction of sp³-hybridized carbons (Fsp3) is 0.103. The van der Waals surface area contributed by atoms with E-state index < -0.39 is 12.2 Å². The highest BCUT2D eigenvalue weighted by Crippen LogP contribution is 2.57. The number of hydrogen-bond donors (Lipinski definition) is 11. The molecule has 0 unspecified atom stereocenters. The van der Waals surface area contributed by atoms with Gasteiger partial charge >= 0.3 is 0 Å². The van der Waals surface area contributed by atoms with E-state index in [1.165, 1.54) is 23.3 Å². The van der Waals surface area contributed by atoms with Crippen LogP contribution >= 0.6 is 27.5 Å². The molecule has 2 fully saturated rings. The van der Waals surface area contributed by atoms with Crippen LogP contribution in [0.5, 0.6) is 23.0 Å². The third kappa shape index (κ3) is 17.9. The number of aromatic hydroxyl groups is 4. The van der Waals surface area contributed by atoms with Crippen LogP contribution in [-0.2, 0) is 0 Å². The van der Waals surface area contributed by atoms with Crippen molar-refractivity contribution in [1.82, 2.24) is 51.0 Å². The summed E-state index contributed by atoms with van der Waals surface area (Å²) in [5.74, 6) is 4.01. The Kier molecular flexibility index (Phi) is 22.8. The Balaban J connectivity index is 0.000000130. The van der Waals surface area contributed by atoms with E-state index in [4.69, 9.17) is 40.3 Å². The molecule has 2 saturated carbocycles. The second-order valence-electron chi connectivity index (χ2n) is 23.5. The van der Waals surface area contributed by atoms with Crippen LogP contribution in [0, 0.1) is 0 Å². The van der Waals surface area contributed by atoms with Crippen molar-refractivity contribution >= 4 is 68.8 Å². The first kappa shape index (κ1) is 70.1. The van der Waals surface area contributed by atoms with Gasteiger partial charge in [0.25, 0.3) is 0 Å². The SMILES string of the molecule is Nc1nnc(-c2ccccc2O)cc1/C=C/c1ccccc1.Nc1nnc(-c2ccccc2O)cc1[C@@H](O)[C@H](O)c1ccccc1.Nc1nnc(-c2ccccc2O)cc1[C@@H]1C[C@H]1c1ccccc1.Nc1nnc(-c2ccccc2O)cc1[C@@H]1C[C@H]1c1ccccc1.Nc1nnc(Cl)cc1Br. The lowest BCUT2D eigenvalue weighted by Crippen LogP contribution is -2.14. The zero-order chi connectivity index (χ0) is 70.9. The predicted molar refractivity (Wildman–Crippen MR) is 398 cm³/mol. The number of para-hydroxylation sites is 4. The van der Waals surface area contributed by atoms with Crippen LogP contribution in [0.1, 0.15) is 93.2 Å². The molecule has 13 aromatic rings.